The zero-order valence-electron chi connectivity index (χ0n) is 12.8. The van der Waals surface area contributed by atoms with Gasteiger partial charge in [-0.1, -0.05) is 30.3 Å². The fourth-order valence-corrected chi connectivity index (χ4v) is 1.92. The molecule has 0 radical (unpaired) electrons. The standard InChI is InChI=1S/C16H23NO4/c1-12(21-3)9-10-14(18)17-11-16(2,15(19)20)13-7-5-4-6-8-13/h4-8,12H,9-11H2,1-3H3,(H,17,18)(H,19,20). The fraction of sp³-hybridized carbons (Fsp3) is 0.500. The van der Waals surface area contributed by atoms with Crippen LogP contribution in [0.1, 0.15) is 32.3 Å². The van der Waals surface area contributed by atoms with Crippen molar-refractivity contribution in [1.29, 1.82) is 0 Å². The van der Waals surface area contributed by atoms with Crippen LogP contribution in [0.3, 0.4) is 0 Å². The van der Waals surface area contributed by atoms with Crippen LogP contribution in [0.4, 0.5) is 0 Å². The minimum absolute atomic E-state index is 0.00994. The molecule has 0 aromatic heterocycles. The van der Waals surface area contributed by atoms with Crippen LogP contribution in [0, 0.1) is 0 Å². The van der Waals surface area contributed by atoms with Gasteiger partial charge in [-0.05, 0) is 25.8 Å². The maximum absolute atomic E-state index is 11.8. The lowest BCUT2D eigenvalue weighted by molar-refractivity contribution is -0.143. The maximum atomic E-state index is 11.8. The van der Waals surface area contributed by atoms with Crippen LogP contribution in [0.15, 0.2) is 30.3 Å². The number of hydrogen-bond donors (Lipinski definition) is 2. The first-order valence-corrected chi connectivity index (χ1v) is 6.98. The normalized spacial score (nSPS) is 15.0. The number of benzene rings is 1. The summed E-state index contributed by atoms with van der Waals surface area (Å²) in [4.78, 5) is 23.4. The van der Waals surface area contributed by atoms with E-state index in [0.717, 1.165) is 0 Å². The topological polar surface area (TPSA) is 75.6 Å². The lowest BCUT2D eigenvalue weighted by Gasteiger charge is -2.25. The number of ether oxygens (including phenoxy) is 1. The third-order valence-electron chi connectivity index (χ3n) is 3.70. The highest BCUT2D eigenvalue weighted by Gasteiger charge is 2.35. The average Bonchev–Trinajstić information content (AvgIpc) is 2.50. The van der Waals surface area contributed by atoms with E-state index in [1.54, 1.807) is 38.3 Å². The molecule has 0 spiro atoms. The molecule has 0 heterocycles. The molecule has 0 saturated carbocycles. The molecule has 5 nitrogen and oxygen atoms in total. The van der Waals surface area contributed by atoms with E-state index < -0.39 is 11.4 Å². The number of carboxylic acid groups (broad SMARTS) is 1. The van der Waals surface area contributed by atoms with Crippen LogP contribution in [-0.4, -0.2) is 36.7 Å². The first kappa shape index (κ1) is 17.2. The third-order valence-corrected chi connectivity index (χ3v) is 3.70. The molecule has 2 atom stereocenters. The molecule has 1 aromatic rings. The maximum Gasteiger partial charge on any atom is 0.315 e. The fourth-order valence-electron chi connectivity index (χ4n) is 1.92. The Hall–Kier alpha value is -1.88. The van der Waals surface area contributed by atoms with Crippen molar-refractivity contribution in [3.8, 4) is 0 Å². The summed E-state index contributed by atoms with van der Waals surface area (Å²) in [5.74, 6) is -1.12. The monoisotopic (exact) mass is 293 g/mol. The molecule has 21 heavy (non-hydrogen) atoms. The highest BCUT2D eigenvalue weighted by atomic mass is 16.5. The van der Waals surface area contributed by atoms with Crippen molar-refractivity contribution < 1.29 is 19.4 Å². The summed E-state index contributed by atoms with van der Waals surface area (Å²) < 4.78 is 5.08. The minimum Gasteiger partial charge on any atom is -0.481 e. The number of amides is 1. The molecule has 116 valence electrons. The second-order valence-electron chi connectivity index (χ2n) is 5.37. The quantitative estimate of drug-likeness (QED) is 0.768. The Labute approximate surface area is 125 Å². The molecule has 1 aromatic carbocycles. The van der Waals surface area contributed by atoms with Crippen LogP contribution in [0.5, 0.6) is 0 Å². The van der Waals surface area contributed by atoms with Crippen molar-refractivity contribution in [2.45, 2.75) is 38.2 Å². The Morgan fingerprint density at radius 3 is 2.48 bits per heavy atom. The molecule has 5 heteroatoms. The van der Waals surface area contributed by atoms with Crippen molar-refractivity contribution in [2.75, 3.05) is 13.7 Å². The van der Waals surface area contributed by atoms with Gasteiger partial charge in [0.25, 0.3) is 0 Å². The van der Waals surface area contributed by atoms with Crippen LogP contribution in [-0.2, 0) is 19.7 Å². The smallest absolute Gasteiger partial charge is 0.315 e. The Morgan fingerprint density at radius 2 is 1.95 bits per heavy atom. The van der Waals surface area contributed by atoms with E-state index in [-0.39, 0.29) is 18.6 Å². The van der Waals surface area contributed by atoms with Gasteiger partial charge in [-0.25, -0.2) is 0 Å². The summed E-state index contributed by atoms with van der Waals surface area (Å²) in [6, 6.07) is 8.92. The Morgan fingerprint density at radius 1 is 1.33 bits per heavy atom. The zero-order valence-corrected chi connectivity index (χ0v) is 12.8. The predicted octanol–water partition coefficient (Wildman–Crippen LogP) is 1.96. The number of carboxylic acids is 1. The second kappa shape index (κ2) is 7.78. The van der Waals surface area contributed by atoms with Gasteiger partial charge >= 0.3 is 5.97 Å². The van der Waals surface area contributed by atoms with Crippen molar-refractivity contribution in [2.24, 2.45) is 0 Å². The summed E-state index contributed by atoms with van der Waals surface area (Å²) in [6.07, 6.45) is 0.937. The van der Waals surface area contributed by atoms with Gasteiger partial charge in [-0.15, -0.1) is 0 Å². The van der Waals surface area contributed by atoms with E-state index >= 15 is 0 Å². The number of nitrogens with one attached hydrogen (secondary N) is 1. The van der Waals surface area contributed by atoms with E-state index in [0.29, 0.717) is 18.4 Å². The molecular weight excluding hydrogens is 270 g/mol. The van der Waals surface area contributed by atoms with Gasteiger partial charge in [0.2, 0.25) is 5.91 Å². The number of hydrogen-bond acceptors (Lipinski definition) is 3. The van der Waals surface area contributed by atoms with E-state index in [1.165, 1.54) is 0 Å². The number of carbonyl (C=O) groups is 2. The molecule has 2 unspecified atom stereocenters. The number of carbonyl (C=O) groups excluding carboxylic acids is 1. The first-order valence-electron chi connectivity index (χ1n) is 6.98. The van der Waals surface area contributed by atoms with Crippen LogP contribution < -0.4 is 5.32 Å². The van der Waals surface area contributed by atoms with Gasteiger partial charge < -0.3 is 15.2 Å². The molecule has 0 aliphatic carbocycles. The second-order valence-corrected chi connectivity index (χ2v) is 5.37. The van der Waals surface area contributed by atoms with Gasteiger partial charge in [0, 0.05) is 20.1 Å². The summed E-state index contributed by atoms with van der Waals surface area (Å²) in [5.41, 5.74) is -0.466. The zero-order chi connectivity index (χ0) is 15.9. The minimum atomic E-state index is -1.14. The molecule has 0 aliphatic heterocycles. The number of methoxy groups -OCH3 is 1. The van der Waals surface area contributed by atoms with Crippen LogP contribution in [0.2, 0.25) is 0 Å². The van der Waals surface area contributed by atoms with E-state index in [2.05, 4.69) is 5.32 Å². The molecule has 1 rings (SSSR count). The molecule has 0 fully saturated rings. The summed E-state index contributed by atoms with van der Waals surface area (Å²) in [5, 5.41) is 12.2. The molecule has 2 N–H and O–H groups in total. The van der Waals surface area contributed by atoms with Gasteiger partial charge in [0.15, 0.2) is 0 Å². The Balaban J connectivity index is 2.64. The predicted molar refractivity (Wildman–Crippen MR) is 80.1 cm³/mol. The number of rotatable bonds is 8. The van der Waals surface area contributed by atoms with Gasteiger partial charge in [0.05, 0.1) is 6.10 Å². The lowest BCUT2D eigenvalue weighted by Crippen LogP contribution is -2.44. The summed E-state index contributed by atoms with van der Waals surface area (Å²) in [7, 11) is 1.60. The highest BCUT2D eigenvalue weighted by molar-refractivity contribution is 5.83. The van der Waals surface area contributed by atoms with Crippen molar-refractivity contribution in [3.05, 3.63) is 35.9 Å². The van der Waals surface area contributed by atoms with Gasteiger partial charge in [-0.2, -0.15) is 0 Å². The molecular formula is C16H23NO4. The average molecular weight is 293 g/mol. The lowest BCUT2D eigenvalue weighted by atomic mass is 9.82. The highest BCUT2D eigenvalue weighted by Crippen LogP contribution is 2.23. The molecule has 0 saturated heterocycles. The third kappa shape index (κ3) is 4.86. The SMILES string of the molecule is COC(C)CCC(=O)NCC(C)(C(=O)O)c1ccccc1. The van der Waals surface area contributed by atoms with Gasteiger partial charge in [0.1, 0.15) is 5.41 Å². The van der Waals surface area contributed by atoms with Crippen molar-refractivity contribution in [3.63, 3.8) is 0 Å². The molecule has 0 aliphatic rings. The van der Waals surface area contributed by atoms with Crippen LogP contribution in [0.25, 0.3) is 0 Å². The Kier molecular flexibility index (Phi) is 6.37. The van der Waals surface area contributed by atoms with Crippen LogP contribution >= 0.6 is 0 Å². The summed E-state index contributed by atoms with van der Waals surface area (Å²) >= 11 is 0. The first-order chi connectivity index (χ1) is 9.90. The number of aliphatic carboxylic acids is 1. The molecule has 1 amide bonds. The van der Waals surface area contributed by atoms with E-state index in [1.807, 2.05) is 13.0 Å². The van der Waals surface area contributed by atoms with Crippen molar-refractivity contribution in [1.82, 2.24) is 5.32 Å². The van der Waals surface area contributed by atoms with E-state index in [4.69, 9.17) is 4.74 Å². The Bertz CT molecular complexity index is 474. The molecule has 0 bridgehead atoms. The largest absolute Gasteiger partial charge is 0.481 e. The van der Waals surface area contributed by atoms with Crippen molar-refractivity contribution >= 4 is 11.9 Å². The summed E-state index contributed by atoms with van der Waals surface area (Å²) in [6.45, 7) is 3.56. The van der Waals surface area contributed by atoms with E-state index in [9.17, 15) is 14.7 Å². The van der Waals surface area contributed by atoms with Gasteiger partial charge in [-0.3, -0.25) is 9.59 Å².